The SMILES string of the molecule is CC(=O)NCCC(=O)N(C)[C@H]1CCCN(Cc2ccccc2F)C1. The molecule has 1 aliphatic heterocycles. The van der Waals surface area contributed by atoms with E-state index in [-0.39, 0.29) is 23.7 Å². The van der Waals surface area contributed by atoms with Gasteiger partial charge in [-0.3, -0.25) is 14.5 Å². The highest BCUT2D eigenvalue weighted by Gasteiger charge is 2.26. The monoisotopic (exact) mass is 335 g/mol. The van der Waals surface area contributed by atoms with Crippen molar-refractivity contribution in [2.75, 3.05) is 26.7 Å². The van der Waals surface area contributed by atoms with Gasteiger partial charge in [-0.25, -0.2) is 4.39 Å². The van der Waals surface area contributed by atoms with Crippen molar-refractivity contribution in [3.63, 3.8) is 0 Å². The first-order chi connectivity index (χ1) is 11.5. The maximum absolute atomic E-state index is 13.8. The van der Waals surface area contributed by atoms with E-state index in [9.17, 15) is 14.0 Å². The molecule has 1 atom stereocenters. The van der Waals surface area contributed by atoms with Gasteiger partial charge in [-0.2, -0.15) is 0 Å². The van der Waals surface area contributed by atoms with Crippen molar-refractivity contribution in [1.29, 1.82) is 0 Å². The molecule has 2 rings (SSSR count). The Morgan fingerprint density at radius 3 is 2.83 bits per heavy atom. The molecule has 1 aromatic rings. The number of likely N-dealkylation sites (N-methyl/N-ethyl adjacent to an activating group) is 1. The van der Waals surface area contributed by atoms with Crippen molar-refractivity contribution in [3.05, 3.63) is 35.6 Å². The predicted molar refractivity (Wildman–Crippen MR) is 90.8 cm³/mol. The maximum atomic E-state index is 13.8. The van der Waals surface area contributed by atoms with Gasteiger partial charge in [0.2, 0.25) is 11.8 Å². The van der Waals surface area contributed by atoms with E-state index in [4.69, 9.17) is 0 Å². The lowest BCUT2D eigenvalue weighted by atomic mass is 10.0. The van der Waals surface area contributed by atoms with Crippen LogP contribution in [0.1, 0.15) is 31.7 Å². The van der Waals surface area contributed by atoms with Crippen LogP contribution in [-0.2, 0) is 16.1 Å². The molecule has 1 aliphatic rings. The smallest absolute Gasteiger partial charge is 0.224 e. The standard InChI is InChI=1S/C18H26FN3O2/c1-14(23)20-10-9-18(24)21(2)16-7-5-11-22(13-16)12-15-6-3-4-8-17(15)19/h3-4,6,8,16H,5,7,9-13H2,1-2H3,(H,20,23)/t16-/m0/s1. The second-order valence-corrected chi connectivity index (χ2v) is 6.36. The van der Waals surface area contributed by atoms with Crippen LogP contribution in [0.2, 0.25) is 0 Å². The summed E-state index contributed by atoms with van der Waals surface area (Å²) in [6, 6.07) is 6.96. The van der Waals surface area contributed by atoms with Gasteiger partial charge in [0.1, 0.15) is 5.82 Å². The Morgan fingerprint density at radius 2 is 2.12 bits per heavy atom. The van der Waals surface area contributed by atoms with Crippen LogP contribution in [0.25, 0.3) is 0 Å². The van der Waals surface area contributed by atoms with Crippen LogP contribution in [0.3, 0.4) is 0 Å². The summed E-state index contributed by atoms with van der Waals surface area (Å²) in [5, 5.41) is 2.64. The maximum Gasteiger partial charge on any atom is 0.224 e. The van der Waals surface area contributed by atoms with E-state index < -0.39 is 0 Å². The summed E-state index contributed by atoms with van der Waals surface area (Å²) in [5.74, 6) is -0.278. The Hall–Kier alpha value is -1.95. The molecule has 24 heavy (non-hydrogen) atoms. The van der Waals surface area contributed by atoms with E-state index in [2.05, 4.69) is 10.2 Å². The molecule has 1 N–H and O–H groups in total. The Bertz CT molecular complexity index is 579. The zero-order valence-electron chi connectivity index (χ0n) is 14.4. The Labute approximate surface area is 142 Å². The van der Waals surface area contributed by atoms with Gasteiger partial charge in [-0.05, 0) is 25.5 Å². The lowest BCUT2D eigenvalue weighted by Crippen LogP contribution is -2.48. The number of halogens is 1. The number of hydrogen-bond donors (Lipinski definition) is 1. The minimum Gasteiger partial charge on any atom is -0.356 e. The molecule has 132 valence electrons. The number of likely N-dealkylation sites (tertiary alicyclic amines) is 1. The van der Waals surface area contributed by atoms with Crippen LogP contribution in [0.5, 0.6) is 0 Å². The van der Waals surface area contributed by atoms with Gasteiger partial charge in [-0.1, -0.05) is 18.2 Å². The van der Waals surface area contributed by atoms with Crippen molar-refractivity contribution >= 4 is 11.8 Å². The molecule has 0 unspecified atom stereocenters. The van der Waals surface area contributed by atoms with Crippen LogP contribution < -0.4 is 5.32 Å². The fourth-order valence-electron chi connectivity index (χ4n) is 3.08. The number of piperidine rings is 1. The van der Waals surface area contributed by atoms with Crippen molar-refractivity contribution in [1.82, 2.24) is 15.1 Å². The molecular formula is C18H26FN3O2. The summed E-state index contributed by atoms with van der Waals surface area (Å²) in [7, 11) is 1.81. The molecule has 0 saturated carbocycles. The quantitative estimate of drug-likeness (QED) is 0.862. The normalized spacial score (nSPS) is 18.2. The molecule has 0 spiro atoms. The van der Waals surface area contributed by atoms with E-state index in [1.54, 1.807) is 17.0 Å². The Kier molecular flexibility index (Phi) is 6.73. The third-order valence-electron chi connectivity index (χ3n) is 4.49. The van der Waals surface area contributed by atoms with Gasteiger partial charge >= 0.3 is 0 Å². The number of carbonyl (C=O) groups is 2. The van der Waals surface area contributed by atoms with Crippen molar-refractivity contribution < 1.29 is 14.0 Å². The first-order valence-electron chi connectivity index (χ1n) is 8.43. The Balaban J connectivity index is 1.86. The fraction of sp³-hybridized carbons (Fsp3) is 0.556. The van der Waals surface area contributed by atoms with Crippen LogP contribution in [0, 0.1) is 5.82 Å². The Morgan fingerprint density at radius 1 is 1.38 bits per heavy atom. The molecule has 5 nitrogen and oxygen atoms in total. The lowest BCUT2D eigenvalue weighted by Gasteiger charge is -2.37. The molecule has 1 saturated heterocycles. The highest BCUT2D eigenvalue weighted by molar-refractivity contribution is 5.78. The molecule has 6 heteroatoms. The van der Waals surface area contributed by atoms with E-state index >= 15 is 0 Å². The molecule has 0 aromatic heterocycles. The molecule has 1 heterocycles. The minimum absolute atomic E-state index is 0.0292. The van der Waals surface area contributed by atoms with Gasteiger partial charge in [0.15, 0.2) is 0 Å². The van der Waals surface area contributed by atoms with E-state index in [0.29, 0.717) is 25.1 Å². The molecule has 1 aromatic carbocycles. The van der Waals surface area contributed by atoms with E-state index in [1.165, 1.54) is 13.0 Å². The van der Waals surface area contributed by atoms with Crippen molar-refractivity contribution in [2.45, 2.75) is 38.8 Å². The van der Waals surface area contributed by atoms with Crippen molar-refractivity contribution in [2.24, 2.45) is 0 Å². The zero-order chi connectivity index (χ0) is 17.5. The number of nitrogens with zero attached hydrogens (tertiary/aromatic N) is 2. The zero-order valence-corrected chi connectivity index (χ0v) is 14.4. The lowest BCUT2D eigenvalue weighted by molar-refractivity contribution is -0.133. The van der Waals surface area contributed by atoms with Gasteiger partial charge in [0, 0.05) is 51.6 Å². The largest absolute Gasteiger partial charge is 0.356 e. The van der Waals surface area contributed by atoms with Crippen LogP contribution in [0.15, 0.2) is 24.3 Å². The topological polar surface area (TPSA) is 52.7 Å². The average molecular weight is 335 g/mol. The van der Waals surface area contributed by atoms with Crippen molar-refractivity contribution in [3.8, 4) is 0 Å². The first kappa shape index (κ1) is 18.4. The molecule has 2 amide bonds. The van der Waals surface area contributed by atoms with Gasteiger partial charge < -0.3 is 10.2 Å². The number of nitrogens with one attached hydrogen (secondary N) is 1. The highest BCUT2D eigenvalue weighted by Crippen LogP contribution is 2.19. The average Bonchev–Trinajstić information content (AvgIpc) is 2.56. The van der Waals surface area contributed by atoms with Crippen LogP contribution in [-0.4, -0.2) is 54.3 Å². The van der Waals surface area contributed by atoms with E-state index in [1.807, 2.05) is 13.1 Å². The number of carbonyl (C=O) groups excluding carboxylic acids is 2. The van der Waals surface area contributed by atoms with Crippen LogP contribution >= 0.6 is 0 Å². The second-order valence-electron chi connectivity index (χ2n) is 6.36. The number of hydrogen-bond acceptors (Lipinski definition) is 3. The minimum atomic E-state index is -0.181. The summed E-state index contributed by atoms with van der Waals surface area (Å²) >= 11 is 0. The highest BCUT2D eigenvalue weighted by atomic mass is 19.1. The molecule has 1 fully saturated rings. The summed E-state index contributed by atoms with van der Waals surface area (Å²) in [4.78, 5) is 27.1. The third kappa shape index (κ3) is 5.30. The molecule has 0 radical (unpaired) electrons. The summed E-state index contributed by atoms with van der Waals surface area (Å²) < 4.78 is 13.8. The van der Waals surface area contributed by atoms with Gasteiger partial charge in [-0.15, -0.1) is 0 Å². The molecule has 0 aliphatic carbocycles. The predicted octanol–water partition coefficient (Wildman–Crippen LogP) is 1.77. The van der Waals surface area contributed by atoms with Gasteiger partial charge in [0.05, 0.1) is 0 Å². The number of benzene rings is 1. The third-order valence-corrected chi connectivity index (χ3v) is 4.49. The molecular weight excluding hydrogens is 309 g/mol. The van der Waals surface area contributed by atoms with Gasteiger partial charge in [0.25, 0.3) is 0 Å². The van der Waals surface area contributed by atoms with Crippen LogP contribution in [0.4, 0.5) is 4.39 Å². The number of amides is 2. The van der Waals surface area contributed by atoms with E-state index in [0.717, 1.165) is 25.9 Å². The second kappa shape index (κ2) is 8.78. The summed E-state index contributed by atoms with van der Waals surface area (Å²) in [6.45, 7) is 4.03. The summed E-state index contributed by atoms with van der Waals surface area (Å²) in [5.41, 5.74) is 0.692. The molecule has 0 bridgehead atoms. The summed E-state index contributed by atoms with van der Waals surface area (Å²) in [6.07, 6.45) is 2.25. The number of rotatable bonds is 6. The fourth-order valence-corrected chi connectivity index (χ4v) is 3.08. The first-order valence-corrected chi connectivity index (χ1v) is 8.43.